The molecule has 2 heterocycles. The summed E-state index contributed by atoms with van der Waals surface area (Å²) in [5.74, 6) is 5.16. The fourth-order valence-electron chi connectivity index (χ4n) is 1.53. The van der Waals surface area contributed by atoms with Crippen LogP contribution in [0.5, 0.6) is 0 Å². The molecule has 0 fully saturated rings. The van der Waals surface area contributed by atoms with Crippen molar-refractivity contribution in [1.29, 1.82) is 0 Å². The summed E-state index contributed by atoms with van der Waals surface area (Å²) in [6.45, 7) is 0.322. The fourth-order valence-corrected chi connectivity index (χ4v) is 2.30. The van der Waals surface area contributed by atoms with Crippen molar-refractivity contribution in [2.75, 3.05) is 13.2 Å². The molecular weight excluding hydrogens is 262 g/mol. The van der Waals surface area contributed by atoms with Crippen LogP contribution in [0.15, 0.2) is 24.0 Å². The normalized spacial score (nSPS) is 9.74. The Balaban J connectivity index is 1.91. The Morgan fingerprint density at radius 2 is 2.47 bits per heavy atom. The van der Waals surface area contributed by atoms with E-state index in [0.717, 1.165) is 5.69 Å². The number of carbonyl (C=O) groups excluding carboxylic acids is 1. The van der Waals surface area contributed by atoms with E-state index in [1.54, 1.807) is 18.6 Å². The molecule has 0 spiro atoms. The van der Waals surface area contributed by atoms with E-state index in [9.17, 15) is 4.79 Å². The van der Waals surface area contributed by atoms with E-state index in [0.29, 0.717) is 23.4 Å². The molecule has 0 saturated heterocycles. The van der Waals surface area contributed by atoms with Crippen LogP contribution in [-0.4, -0.2) is 34.1 Å². The third-order valence-corrected chi connectivity index (χ3v) is 3.32. The third-order valence-electron chi connectivity index (χ3n) is 2.41. The summed E-state index contributed by atoms with van der Waals surface area (Å²) in [5.41, 5.74) is 1.63. The molecule has 0 aliphatic rings. The summed E-state index contributed by atoms with van der Waals surface area (Å²) in [4.78, 5) is 19.4. The number of H-pyrrole nitrogens is 1. The lowest BCUT2D eigenvalue weighted by Crippen LogP contribution is -2.25. The van der Waals surface area contributed by atoms with Crippen LogP contribution in [0.2, 0.25) is 0 Å². The predicted molar refractivity (Wildman–Crippen MR) is 72.9 cm³/mol. The molecule has 0 radical (unpaired) electrons. The summed E-state index contributed by atoms with van der Waals surface area (Å²) in [7, 11) is 0. The number of aliphatic hydroxyl groups excluding tert-OH is 1. The molecule has 19 heavy (non-hydrogen) atoms. The first-order valence-electron chi connectivity index (χ1n) is 5.74. The quantitative estimate of drug-likeness (QED) is 0.722. The number of aromatic amines is 1. The molecule has 5 nitrogen and oxygen atoms in total. The molecule has 0 saturated carbocycles. The number of aliphatic hydroxyl groups is 1. The lowest BCUT2D eigenvalue weighted by Gasteiger charge is -2.02. The van der Waals surface area contributed by atoms with Gasteiger partial charge in [0.05, 0.1) is 6.33 Å². The number of aromatic nitrogens is 2. The van der Waals surface area contributed by atoms with Gasteiger partial charge in [-0.15, -0.1) is 11.3 Å². The second-order valence-electron chi connectivity index (χ2n) is 3.71. The molecule has 0 unspecified atom stereocenters. The highest BCUT2D eigenvalue weighted by Gasteiger charge is 2.11. The molecule has 2 rings (SSSR count). The summed E-state index contributed by atoms with van der Waals surface area (Å²) < 4.78 is 0. The maximum atomic E-state index is 12.0. The number of carbonyl (C=O) groups is 1. The monoisotopic (exact) mass is 275 g/mol. The number of hydrogen-bond acceptors (Lipinski definition) is 4. The van der Waals surface area contributed by atoms with Gasteiger partial charge in [-0.2, -0.15) is 0 Å². The average Bonchev–Trinajstić information content (AvgIpc) is 3.07. The standard InChI is InChI=1S/C13H13N3O2S/c17-6-1-2-10-4-7-19-12(10)13(18)15-5-3-11-8-14-9-16-11/h4,7-9,17H,3,5-6H2,(H,14,16)(H,15,18). The van der Waals surface area contributed by atoms with Crippen LogP contribution < -0.4 is 5.32 Å². The topological polar surface area (TPSA) is 78.0 Å². The van der Waals surface area contributed by atoms with Crippen molar-refractivity contribution >= 4 is 17.2 Å². The van der Waals surface area contributed by atoms with Crippen LogP contribution in [0.4, 0.5) is 0 Å². The molecule has 0 aliphatic carbocycles. The number of nitrogens with zero attached hydrogens (tertiary/aromatic N) is 1. The largest absolute Gasteiger partial charge is 0.384 e. The van der Waals surface area contributed by atoms with Gasteiger partial charge in [-0.3, -0.25) is 4.79 Å². The lowest BCUT2D eigenvalue weighted by atomic mass is 10.2. The summed E-state index contributed by atoms with van der Waals surface area (Å²) in [6, 6.07) is 1.77. The van der Waals surface area contributed by atoms with E-state index in [2.05, 4.69) is 27.1 Å². The number of amides is 1. The summed E-state index contributed by atoms with van der Waals surface area (Å²) in [5, 5.41) is 13.3. The van der Waals surface area contributed by atoms with Crippen LogP contribution in [0, 0.1) is 11.8 Å². The van der Waals surface area contributed by atoms with Crippen molar-refractivity contribution < 1.29 is 9.90 Å². The minimum Gasteiger partial charge on any atom is -0.384 e. The summed E-state index contributed by atoms with van der Waals surface area (Å²) >= 11 is 1.34. The first-order valence-corrected chi connectivity index (χ1v) is 6.62. The van der Waals surface area contributed by atoms with Crippen LogP contribution in [-0.2, 0) is 6.42 Å². The Bertz CT molecular complexity index is 593. The van der Waals surface area contributed by atoms with E-state index in [1.165, 1.54) is 11.3 Å². The van der Waals surface area contributed by atoms with Gasteiger partial charge in [0.2, 0.25) is 0 Å². The Hall–Kier alpha value is -2.10. The van der Waals surface area contributed by atoms with Gasteiger partial charge in [0, 0.05) is 30.4 Å². The lowest BCUT2D eigenvalue weighted by molar-refractivity contribution is 0.0958. The molecule has 0 atom stereocenters. The van der Waals surface area contributed by atoms with Gasteiger partial charge in [0.1, 0.15) is 11.5 Å². The number of thiophene rings is 1. The van der Waals surface area contributed by atoms with Crippen LogP contribution in [0.25, 0.3) is 0 Å². The number of hydrogen-bond donors (Lipinski definition) is 3. The van der Waals surface area contributed by atoms with Crippen LogP contribution in [0.1, 0.15) is 20.9 Å². The Kier molecular flexibility index (Phi) is 4.72. The molecular formula is C13H13N3O2S. The first kappa shape index (κ1) is 13.3. The molecule has 3 N–H and O–H groups in total. The van der Waals surface area contributed by atoms with Gasteiger partial charge < -0.3 is 15.4 Å². The third kappa shape index (κ3) is 3.68. The molecule has 2 aromatic heterocycles. The molecule has 98 valence electrons. The number of imidazole rings is 1. The van der Waals surface area contributed by atoms with E-state index < -0.39 is 0 Å². The first-order chi connectivity index (χ1) is 9.31. The molecule has 6 heteroatoms. The van der Waals surface area contributed by atoms with E-state index in [1.807, 2.05) is 5.38 Å². The highest BCUT2D eigenvalue weighted by atomic mass is 32.1. The molecule has 0 aromatic carbocycles. The Morgan fingerprint density at radius 1 is 1.58 bits per heavy atom. The van der Waals surface area contributed by atoms with Gasteiger partial charge in [0.25, 0.3) is 5.91 Å². The Morgan fingerprint density at radius 3 is 3.21 bits per heavy atom. The van der Waals surface area contributed by atoms with E-state index >= 15 is 0 Å². The van der Waals surface area contributed by atoms with Crippen LogP contribution in [0.3, 0.4) is 0 Å². The molecule has 1 amide bonds. The number of rotatable bonds is 4. The molecule has 2 aromatic rings. The predicted octanol–water partition coefficient (Wildman–Crippen LogP) is 0.787. The Labute approximate surface area is 114 Å². The van der Waals surface area contributed by atoms with Gasteiger partial charge in [0.15, 0.2) is 0 Å². The van der Waals surface area contributed by atoms with E-state index in [-0.39, 0.29) is 12.5 Å². The van der Waals surface area contributed by atoms with Crippen molar-refractivity contribution in [3.63, 3.8) is 0 Å². The van der Waals surface area contributed by atoms with Crippen molar-refractivity contribution in [3.05, 3.63) is 40.1 Å². The minimum atomic E-state index is -0.212. The maximum absolute atomic E-state index is 12.0. The van der Waals surface area contributed by atoms with Crippen molar-refractivity contribution in [2.45, 2.75) is 6.42 Å². The van der Waals surface area contributed by atoms with Crippen molar-refractivity contribution in [2.24, 2.45) is 0 Å². The second-order valence-corrected chi connectivity index (χ2v) is 4.62. The number of nitrogens with one attached hydrogen (secondary N) is 2. The highest BCUT2D eigenvalue weighted by molar-refractivity contribution is 7.12. The zero-order valence-corrected chi connectivity index (χ0v) is 11.0. The van der Waals surface area contributed by atoms with Gasteiger partial charge in [-0.25, -0.2) is 4.98 Å². The smallest absolute Gasteiger partial charge is 0.262 e. The van der Waals surface area contributed by atoms with Gasteiger partial charge in [-0.1, -0.05) is 11.8 Å². The molecule has 0 bridgehead atoms. The van der Waals surface area contributed by atoms with Gasteiger partial charge >= 0.3 is 0 Å². The van der Waals surface area contributed by atoms with E-state index in [4.69, 9.17) is 5.11 Å². The fraction of sp³-hybridized carbons (Fsp3) is 0.231. The second kappa shape index (κ2) is 6.73. The zero-order chi connectivity index (χ0) is 13.5. The summed E-state index contributed by atoms with van der Waals surface area (Å²) in [6.07, 6.45) is 4.04. The van der Waals surface area contributed by atoms with Crippen molar-refractivity contribution in [1.82, 2.24) is 15.3 Å². The van der Waals surface area contributed by atoms with Crippen molar-refractivity contribution in [3.8, 4) is 11.8 Å². The van der Waals surface area contributed by atoms with Crippen LogP contribution >= 0.6 is 11.3 Å². The minimum absolute atomic E-state index is 0.142. The maximum Gasteiger partial charge on any atom is 0.262 e. The average molecular weight is 275 g/mol. The molecule has 0 aliphatic heterocycles. The SMILES string of the molecule is O=C(NCCc1cnc[nH]1)c1sccc1C#CCO. The highest BCUT2D eigenvalue weighted by Crippen LogP contribution is 2.15. The van der Waals surface area contributed by atoms with Gasteiger partial charge in [-0.05, 0) is 11.4 Å². The zero-order valence-electron chi connectivity index (χ0n) is 10.1.